The quantitative estimate of drug-likeness (QED) is 0.157. The van der Waals surface area contributed by atoms with Crippen molar-refractivity contribution in [2.75, 3.05) is 0 Å². The van der Waals surface area contributed by atoms with Gasteiger partial charge in [0.05, 0.1) is 33.3 Å². The number of fused-ring (bicyclic) bond motifs is 9. The molecular weight excluding hydrogens is 777 g/mol. The second kappa shape index (κ2) is 14.5. The molecule has 0 aliphatic rings. The molecule has 4 heteroatoms. The molecule has 3 aromatic heterocycles. The highest BCUT2D eigenvalue weighted by Crippen LogP contribution is 2.42. The van der Waals surface area contributed by atoms with Crippen molar-refractivity contribution >= 4 is 65.3 Å². The summed E-state index contributed by atoms with van der Waals surface area (Å²) in [6, 6.07) is 82.7. The van der Waals surface area contributed by atoms with Crippen molar-refractivity contribution in [2.45, 2.75) is 0 Å². The topological polar surface area (TPSA) is 35.6 Å². The summed E-state index contributed by atoms with van der Waals surface area (Å²) in [7, 11) is 0. The molecule has 0 aliphatic carbocycles. The van der Waals surface area contributed by atoms with Crippen molar-refractivity contribution in [1.82, 2.24) is 19.1 Å². The Balaban J connectivity index is 0.952. The van der Waals surface area contributed by atoms with E-state index in [9.17, 15) is 0 Å². The fraction of sp³-hybridized carbons (Fsp3) is 0. The first-order valence-corrected chi connectivity index (χ1v) is 21.8. The molecule has 0 spiro atoms. The van der Waals surface area contributed by atoms with Gasteiger partial charge in [-0.05, 0) is 107 Å². The highest BCUT2D eigenvalue weighted by atomic mass is 15.0. The second-order valence-electron chi connectivity index (χ2n) is 16.5. The van der Waals surface area contributed by atoms with E-state index in [2.05, 4.69) is 240 Å². The Morgan fingerprint density at radius 3 is 1.72 bits per heavy atom. The van der Waals surface area contributed by atoms with Gasteiger partial charge in [-0.2, -0.15) is 0 Å². The fourth-order valence-electron chi connectivity index (χ4n) is 9.98. The first-order chi connectivity index (χ1) is 31.7. The van der Waals surface area contributed by atoms with Gasteiger partial charge in [-0.15, -0.1) is 0 Å². The Hall–Kier alpha value is -8.60. The van der Waals surface area contributed by atoms with Gasteiger partial charge in [-0.3, -0.25) is 0 Å². The minimum absolute atomic E-state index is 0.698. The van der Waals surface area contributed by atoms with Crippen molar-refractivity contribution in [3.8, 4) is 56.3 Å². The summed E-state index contributed by atoms with van der Waals surface area (Å²) in [5, 5.41) is 8.24. The predicted octanol–water partition coefficient (Wildman–Crippen LogP) is 15.6. The van der Waals surface area contributed by atoms with Gasteiger partial charge in [-0.25, -0.2) is 9.97 Å². The lowest BCUT2D eigenvalue weighted by Crippen LogP contribution is -1.97. The molecule has 0 fully saturated rings. The van der Waals surface area contributed by atoms with Crippen LogP contribution in [0, 0.1) is 0 Å². The van der Waals surface area contributed by atoms with E-state index in [1.165, 1.54) is 49.3 Å². The van der Waals surface area contributed by atoms with Gasteiger partial charge >= 0.3 is 0 Å². The van der Waals surface area contributed by atoms with Crippen molar-refractivity contribution < 1.29 is 0 Å². The van der Waals surface area contributed by atoms with Crippen LogP contribution in [0.4, 0.5) is 0 Å². The van der Waals surface area contributed by atoms with E-state index < -0.39 is 0 Å². The summed E-state index contributed by atoms with van der Waals surface area (Å²) in [4.78, 5) is 10.7. The van der Waals surface area contributed by atoms with Crippen LogP contribution in [-0.2, 0) is 0 Å². The van der Waals surface area contributed by atoms with E-state index in [1.807, 2.05) is 0 Å². The SMILES string of the molecule is c1ccc(-c2cccc(-c3nc(-c4ccc(-n5c6ccccc6c6c(-c7ccc8c(c7)c7ccccc7n8-c7ccccc7)cccc65)cc4)nc4c3ccc3ccccc34)c2)cc1. The lowest BCUT2D eigenvalue weighted by Gasteiger charge is -2.13. The molecule has 0 amide bonds. The number of hydrogen-bond donors (Lipinski definition) is 0. The van der Waals surface area contributed by atoms with Crippen molar-refractivity contribution in [3.63, 3.8) is 0 Å². The van der Waals surface area contributed by atoms with Crippen LogP contribution in [0.15, 0.2) is 231 Å². The second-order valence-corrected chi connectivity index (χ2v) is 16.5. The molecule has 64 heavy (non-hydrogen) atoms. The van der Waals surface area contributed by atoms with E-state index in [-0.39, 0.29) is 0 Å². The van der Waals surface area contributed by atoms with E-state index in [4.69, 9.17) is 9.97 Å². The molecule has 0 radical (unpaired) electrons. The average molecular weight is 815 g/mol. The number of aromatic nitrogens is 4. The first-order valence-electron chi connectivity index (χ1n) is 21.8. The Labute approximate surface area is 369 Å². The van der Waals surface area contributed by atoms with Crippen molar-refractivity contribution in [2.24, 2.45) is 0 Å². The van der Waals surface area contributed by atoms with Crippen LogP contribution in [0.5, 0.6) is 0 Å². The molecule has 4 nitrogen and oxygen atoms in total. The maximum Gasteiger partial charge on any atom is 0.160 e. The molecular formula is C60H38N4. The number of para-hydroxylation sites is 3. The van der Waals surface area contributed by atoms with Crippen LogP contribution < -0.4 is 0 Å². The lowest BCUT2D eigenvalue weighted by atomic mass is 9.98. The third kappa shape index (κ3) is 5.70. The van der Waals surface area contributed by atoms with Gasteiger partial charge < -0.3 is 9.13 Å². The maximum atomic E-state index is 5.36. The van der Waals surface area contributed by atoms with E-state index >= 15 is 0 Å². The normalized spacial score (nSPS) is 11.8. The van der Waals surface area contributed by atoms with E-state index in [0.717, 1.165) is 66.5 Å². The highest BCUT2D eigenvalue weighted by Gasteiger charge is 2.20. The van der Waals surface area contributed by atoms with Gasteiger partial charge in [0.15, 0.2) is 5.82 Å². The number of rotatable bonds is 6. The summed E-state index contributed by atoms with van der Waals surface area (Å²) in [6.45, 7) is 0. The Bertz CT molecular complexity index is 3940. The smallest absolute Gasteiger partial charge is 0.160 e. The fourth-order valence-corrected chi connectivity index (χ4v) is 9.98. The van der Waals surface area contributed by atoms with Crippen LogP contribution in [-0.4, -0.2) is 19.1 Å². The molecule has 0 unspecified atom stereocenters. The monoisotopic (exact) mass is 814 g/mol. The lowest BCUT2D eigenvalue weighted by molar-refractivity contribution is 1.17. The number of benzene rings is 10. The third-order valence-electron chi connectivity index (χ3n) is 12.9. The Morgan fingerprint density at radius 1 is 0.297 bits per heavy atom. The van der Waals surface area contributed by atoms with E-state index in [0.29, 0.717) is 5.82 Å². The maximum absolute atomic E-state index is 5.36. The minimum Gasteiger partial charge on any atom is -0.309 e. The molecule has 0 bridgehead atoms. The molecule has 298 valence electrons. The number of nitrogens with zero attached hydrogens (tertiary/aromatic N) is 4. The molecule has 0 aliphatic heterocycles. The molecule has 13 rings (SSSR count). The first kappa shape index (κ1) is 36.1. The Kier molecular flexibility index (Phi) is 8.18. The Morgan fingerprint density at radius 2 is 0.891 bits per heavy atom. The minimum atomic E-state index is 0.698. The molecule has 0 saturated heterocycles. The molecule has 0 N–H and O–H groups in total. The highest BCUT2D eigenvalue weighted by molar-refractivity contribution is 6.17. The summed E-state index contributed by atoms with van der Waals surface area (Å²) >= 11 is 0. The molecule has 10 aromatic carbocycles. The zero-order valence-corrected chi connectivity index (χ0v) is 34.7. The summed E-state index contributed by atoms with van der Waals surface area (Å²) in [5.41, 5.74) is 15.6. The van der Waals surface area contributed by atoms with Gasteiger partial charge in [0.2, 0.25) is 0 Å². The van der Waals surface area contributed by atoms with Gasteiger partial charge in [0.1, 0.15) is 0 Å². The molecule has 0 saturated carbocycles. The van der Waals surface area contributed by atoms with Crippen LogP contribution in [0.1, 0.15) is 0 Å². The van der Waals surface area contributed by atoms with Gasteiger partial charge in [0.25, 0.3) is 0 Å². The van der Waals surface area contributed by atoms with E-state index in [1.54, 1.807) is 0 Å². The molecule has 0 atom stereocenters. The predicted molar refractivity (Wildman–Crippen MR) is 267 cm³/mol. The average Bonchev–Trinajstić information content (AvgIpc) is 3.89. The van der Waals surface area contributed by atoms with Crippen molar-refractivity contribution in [1.29, 1.82) is 0 Å². The van der Waals surface area contributed by atoms with Crippen LogP contribution in [0.2, 0.25) is 0 Å². The number of hydrogen-bond acceptors (Lipinski definition) is 2. The third-order valence-corrected chi connectivity index (χ3v) is 12.9. The van der Waals surface area contributed by atoms with Crippen molar-refractivity contribution in [3.05, 3.63) is 231 Å². The summed E-state index contributed by atoms with van der Waals surface area (Å²) < 4.78 is 4.77. The van der Waals surface area contributed by atoms with Gasteiger partial charge in [-0.1, -0.05) is 152 Å². The summed E-state index contributed by atoms with van der Waals surface area (Å²) in [6.07, 6.45) is 0. The standard InChI is InChI=1S/C60H38N4/c1-3-15-39(16-4-1)42-18-13-19-44(37-42)58-51-35-31-40-17-7-8-22-48(40)59(51)62-60(61-58)41-29-33-46(34-30-41)64-54-27-12-10-24-50(54)57-47(25-14-28-56(57)64)43-32-36-55-52(38-43)49-23-9-11-26-53(49)63(55)45-20-5-2-6-21-45/h1-38H. The van der Waals surface area contributed by atoms with Crippen LogP contribution in [0.3, 0.4) is 0 Å². The van der Waals surface area contributed by atoms with Crippen LogP contribution in [0.25, 0.3) is 122 Å². The summed E-state index contributed by atoms with van der Waals surface area (Å²) in [5.74, 6) is 0.698. The zero-order chi connectivity index (χ0) is 42.1. The van der Waals surface area contributed by atoms with Gasteiger partial charge in [0, 0.05) is 54.8 Å². The van der Waals surface area contributed by atoms with Crippen LogP contribution >= 0.6 is 0 Å². The zero-order valence-electron chi connectivity index (χ0n) is 34.7. The molecule has 13 aromatic rings. The molecule has 3 heterocycles. The largest absolute Gasteiger partial charge is 0.309 e.